The summed E-state index contributed by atoms with van der Waals surface area (Å²) in [6.07, 6.45) is 2.63. The summed E-state index contributed by atoms with van der Waals surface area (Å²) < 4.78 is 26.0. The molecule has 5 nitrogen and oxygen atoms in total. The molecule has 1 saturated heterocycles. The second kappa shape index (κ2) is 10.1. The first-order valence-electron chi connectivity index (χ1n) is 9.45. The average Bonchev–Trinajstić information content (AvgIpc) is 2.64. The van der Waals surface area contributed by atoms with Gasteiger partial charge in [-0.3, -0.25) is 4.79 Å². The molecule has 0 radical (unpaired) electrons. The van der Waals surface area contributed by atoms with Gasteiger partial charge < -0.3 is 5.32 Å². The van der Waals surface area contributed by atoms with Gasteiger partial charge in [0, 0.05) is 41.5 Å². The summed E-state index contributed by atoms with van der Waals surface area (Å²) in [7, 11) is -3.19. The lowest BCUT2D eigenvalue weighted by molar-refractivity contribution is -0.126. The van der Waals surface area contributed by atoms with E-state index in [9.17, 15) is 13.2 Å². The molecule has 0 aromatic heterocycles. The topological polar surface area (TPSA) is 66.5 Å². The van der Waals surface area contributed by atoms with Crippen molar-refractivity contribution in [2.45, 2.75) is 45.4 Å². The van der Waals surface area contributed by atoms with Crippen LogP contribution in [0.25, 0.3) is 0 Å². The van der Waals surface area contributed by atoms with E-state index >= 15 is 0 Å². The van der Waals surface area contributed by atoms with E-state index in [1.807, 2.05) is 13.8 Å². The number of halogens is 2. The first kappa shape index (κ1) is 22.5. The number of carbonyl (C=O) groups excluding carboxylic acids is 1. The lowest BCUT2D eigenvalue weighted by Crippen LogP contribution is -2.44. The van der Waals surface area contributed by atoms with Gasteiger partial charge in [0.05, 0.1) is 5.75 Å². The molecular formula is C19H28Cl2N2O3S. The smallest absolute Gasteiger partial charge is 0.223 e. The van der Waals surface area contributed by atoms with E-state index in [0.717, 1.165) is 12.0 Å². The van der Waals surface area contributed by atoms with Crippen molar-refractivity contribution < 1.29 is 13.2 Å². The predicted molar refractivity (Wildman–Crippen MR) is 111 cm³/mol. The number of sulfonamides is 1. The molecule has 1 unspecified atom stereocenters. The van der Waals surface area contributed by atoms with Gasteiger partial charge in [0.2, 0.25) is 15.9 Å². The van der Waals surface area contributed by atoms with Gasteiger partial charge in [0.15, 0.2) is 0 Å². The van der Waals surface area contributed by atoms with Crippen LogP contribution in [0.15, 0.2) is 18.2 Å². The first-order chi connectivity index (χ1) is 12.8. The Morgan fingerprint density at radius 3 is 2.41 bits per heavy atom. The van der Waals surface area contributed by atoms with Crippen molar-refractivity contribution in [3.8, 4) is 0 Å². The highest BCUT2D eigenvalue weighted by Gasteiger charge is 2.30. The fourth-order valence-corrected chi connectivity index (χ4v) is 5.78. The Morgan fingerprint density at radius 2 is 1.85 bits per heavy atom. The summed E-state index contributed by atoms with van der Waals surface area (Å²) in [5, 5.41) is 4.15. The molecule has 2 rings (SSSR count). The molecule has 1 heterocycles. The van der Waals surface area contributed by atoms with Gasteiger partial charge >= 0.3 is 0 Å². The number of unbranched alkanes of at least 4 members (excludes halogenated alkanes) is 1. The van der Waals surface area contributed by atoms with Crippen LogP contribution in [-0.4, -0.2) is 44.0 Å². The van der Waals surface area contributed by atoms with Crippen LogP contribution in [0.1, 0.15) is 51.0 Å². The minimum atomic E-state index is -3.19. The minimum absolute atomic E-state index is 0.00957. The van der Waals surface area contributed by atoms with E-state index < -0.39 is 10.0 Å². The molecule has 1 aromatic carbocycles. The van der Waals surface area contributed by atoms with Crippen LogP contribution in [0.4, 0.5) is 0 Å². The highest BCUT2D eigenvalue weighted by molar-refractivity contribution is 7.89. The Morgan fingerprint density at radius 1 is 1.26 bits per heavy atom. The summed E-state index contributed by atoms with van der Waals surface area (Å²) in [5.74, 6) is -0.00643. The van der Waals surface area contributed by atoms with E-state index in [0.29, 0.717) is 48.9 Å². The molecule has 1 aliphatic heterocycles. The highest BCUT2D eigenvalue weighted by Crippen LogP contribution is 2.31. The fraction of sp³-hybridized carbons (Fsp3) is 0.632. The molecule has 1 aliphatic rings. The Labute approximate surface area is 172 Å². The molecule has 1 amide bonds. The summed E-state index contributed by atoms with van der Waals surface area (Å²) >= 11 is 12.4. The lowest BCUT2D eigenvalue weighted by Gasteiger charge is -2.30. The lowest BCUT2D eigenvalue weighted by atomic mass is 9.96. The van der Waals surface area contributed by atoms with E-state index in [1.165, 1.54) is 4.31 Å². The summed E-state index contributed by atoms with van der Waals surface area (Å²) in [6.45, 7) is 5.21. The van der Waals surface area contributed by atoms with Crippen molar-refractivity contribution in [2.24, 2.45) is 5.92 Å². The molecule has 1 aromatic rings. The molecule has 152 valence electrons. The van der Waals surface area contributed by atoms with Crippen molar-refractivity contribution >= 4 is 39.1 Å². The first-order valence-corrected chi connectivity index (χ1v) is 11.8. The van der Waals surface area contributed by atoms with Crippen LogP contribution in [-0.2, 0) is 14.8 Å². The van der Waals surface area contributed by atoms with Gasteiger partial charge in [-0.15, -0.1) is 0 Å². The number of nitrogens with zero attached hydrogens (tertiary/aromatic N) is 1. The second-order valence-corrected chi connectivity index (χ2v) is 10.0. The molecule has 1 fully saturated rings. The average molecular weight is 435 g/mol. The van der Waals surface area contributed by atoms with Gasteiger partial charge in [-0.2, -0.15) is 0 Å². The SMILES string of the molecule is CCCCS(=O)(=O)N1CCC(C(=O)NCC(C)c2c(Cl)cccc2Cl)CC1. The number of benzene rings is 1. The highest BCUT2D eigenvalue weighted by atomic mass is 35.5. The van der Waals surface area contributed by atoms with Gasteiger partial charge in [-0.25, -0.2) is 12.7 Å². The summed E-state index contributed by atoms with van der Waals surface area (Å²) in [4.78, 5) is 12.5. The van der Waals surface area contributed by atoms with Gasteiger partial charge in [0.25, 0.3) is 0 Å². The summed E-state index contributed by atoms with van der Waals surface area (Å²) in [5.41, 5.74) is 0.831. The Kier molecular flexibility index (Phi) is 8.40. The van der Waals surface area contributed by atoms with Crippen LogP contribution < -0.4 is 5.32 Å². The van der Waals surface area contributed by atoms with E-state index in [-0.39, 0.29) is 23.5 Å². The molecular weight excluding hydrogens is 407 g/mol. The van der Waals surface area contributed by atoms with Crippen LogP contribution >= 0.6 is 23.2 Å². The molecule has 0 spiro atoms. The standard InChI is InChI=1S/C19H28Cl2N2O3S/c1-3-4-12-27(25,26)23-10-8-15(9-11-23)19(24)22-13-14(2)18-16(20)6-5-7-17(18)21/h5-7,14-15H,3-4,8-13H2,1-2H3,(H,22,24). The van der Waals surface area contributed by atoms with Crippen LogP contribution in [0, 0.1) is 5.92 Å². The fourth-order valence-electron chi connectivity index (χ4n) is 3.33. The Balaban J connectivity index is 1.84. The molecule has 27 heavy (non-hydrogen) atoms. The van der Waals surface area contributed by atoms with Gasteiger partial charge in [0.1, 0.15) is 0 Å². The Bertz CT molecular complexity index is 727. The number of piperidine rings is 1. The number of rotatable bonds is 8. The molecule has 0 bridgehead atoms. The van der Waals surface area contributed by atoms with E-state index in [2.05, 4.69) is 5.32 Å². The molecule has 1 atom stereocenters. The third-order valence-corrected chi connectivity index (χ3v) is 7.66. The van der Waals surface area contributed by atoms with Crippen molar-refractivity contribution in [2.75, 3.05) is 25.4 Å². The maximum atomic E-state index is 12.5. The number of hydrogen-bond acceptors (Lipinski definition) is 3. The minimum Gasteiger partial charge on any atom is -0.355 e. The number of nitrogens with one attached hydrogen (secondary N) is 1. The number of carbonyl (C=O) groups is 1. The monoisotopic (exact) mass is 434 g/mol. The summed E-state index contributed by atoms with van der Waals surface area (Å²) in [6, 6.07) is 5.37. The molecule has 0 aliphatic carbocycles. The van der Waals surface area contributed by atoms with Crippen molar-refractivity contribution in [1.82, 2.24) is 9.62 Å². The zero-order valence-electron chi connectivity index (χ0n) is 15.9. The van der Waals surface area contributed by atoms with Crippen molar-refractivity contribution in [3.05, 3.63) is 33.8 Å². The van der Waals surface area contributed by atoms with E-state index in [1.54, 1.807) is 18.2 Å². The van der Waals surface area contributed by atoms with Gasteiger partial charge in [-0.1, -0.05) is 49.5 Å². The third kappa shape index (κ3) is 6.08. The molecule has 0 saturated carbocycles. The maximum absolute atomic E-state index is 12.5. The predicted octanol–water partition coefficient (Wildman–Crippen LogP) is 4.06. The zero-order valence-corrected chi connectivity index (χ0v) is 18.2. The quantitative estimate of drug-likeness (QED) is 0.670. The van der Waals surface area contributed by atoms with Crippen LogP contribution in [0.3, 0.4) is 0 Å². The second-order valence-electron chi connectivity index (χ2n) is 7.12. The van der Waals surface area contributed by atoms with Gasteiger partial charge in [-0.05, 0) is 37.0 Å². The zero-order chi connectivity index (χ0) is 20.0. The third-order valence-electron chi connectivity index (χ3n) is 5.05. The largest absolute Gasteiger partial charge is 0.355 e. The van der Waals surface area contributed by atoms with Crippen molar-refractivity contribution in [1.29, 1.82) is 0 Å². The van der Waals surface area contributed by atoms with Crippen molar-refractivity contribution in [3.63, 3.8) is 0 Å². The normalized spacial score (nSPS) is 17.6. The number of hydrogen-bond donors (Lipinski definition) is 1. The number of amides is 1. The van der Waals surface area contributed by atoms with Crippen LogP contribution in [0.5, 0.6) is 0 Å². The molecule has 1 N–H and O–H groups in total. The maximum Gasteiger partial charge on any atom is 0.223 e. The van der Waals surface area contributed by atoms with Crippen LogP contribution in [0.2, 0.25) is 10.0 Å². The Hall–Kier alpha value is -0.820. The molecule has 8 heteroatoms. The van der Waals surface area contributed by atoms with E-state index in [4.69, 9.17) is 23.2 Å².